The summed E-state index contributed by atoms with van der Waals surface area (Å²) in [5.74, 6) is -3.79. The van der Waals surface area contributed by atoms with Crippen LogP contribution in [-0.4, -0.2) is 121 Å². The lowest BCUT2D eigenvalue weighted by molar-refractivity contribution is -0.144. The summed E-state index contributed by atoms with van der Waals surface area (Å²) in [5, 5.41) is 52.7. The van der Waals surface area contributed by atoms with Crippen molar-refractivity contribution in [3.05, 3.63) is 6.33 Å². The van der Waals surface area contributed by atoms with E-state index in [-0.39, 0.29) is 56.2 Å². The lowest BCUT2D eigenvalue weighted by atomic mass is 9.94. The van der Waals surface area contributed by atoms with Gasteiger partial charge in [-0.1, -0.05) is 70.6 Å². The van der Waals surface area contributed by atoms with Crippen LogP contribution in [0, 0.1) is 5.92 Å². The van der Waals surface area contributed by atoms with Gasteiger partial charge in [0.05, 0.1) is 30.4 Å². The number of carbonyl (C=O) groups is 6. The second-order valence-electron chi connectivity index (χ2n) is 16.2. The Morgan fingerprint density at radius 2 is 1.36 bits per heavy atom. The molecule has 3 aromatic heterocycles. The number of aliphatic carboxylic acids is 2. The normalized spacial score (nSPS) is 12.6. The van der Waals surface area contributed by atoms with Crippen molar-refractivity contribution in [2.24, 2.45) is 11.7 Å². The van der Waals surface area contributed by atoms with E-state index >= 15 is 0 Å². The maximum absolute atomic E-state index is 12.6. The Kier molecular flexibility index (Phi) is 22.6. The number of aryl methyl sites for hydroxylation is 1. The average Bonchev–Trinajstić information content (AvgIpc) is 4.01. The first-order valence-electron chi connectivity index (χ1n) is 21.6. The molecule has 2 atom stereocenters. The van der Waals surface area contributed by atoms with Crippen molar-refractivity contribution in [2.75, 3.05) is 13.1 Å². The van der Waals surface area contributed by atoms with Crippen molar-refractivity contribution in [3.8, 4) is 23.0 Å². The highest BCUT2D eigenvalue weighted by Gasteiger charge is 2.26. The number of carboxylic acids is 2. The number of nitrogens with zero attached hydrogens (tertiary/aromatic N) is 8. The molecule has 3 aromatic rings. The summed E-state index contributed by atoms with van der Waals surface area (Å²) >= 11 is 0. The molecule has 338 valence electrons. The van der Waals surface area contributed by atoms with Crippen LogP contribution in [0.15, 0.2) is 6.33 Å². The minimum absolute atomic E-state index is 0.0354. The fourth-order valence-electron chi connectivity index (χ4n) is 6.90. The molecule has 0 saturated carbocycles. The molecule has 0 fully saturated rings. The monoisotopic (exact) mass is 856 g/mol. The summed E-state index contributed by atoms with van der Waals surface area (Å²) < 4.78 is 2.00. The van der Waals surface area contributed by atoms with Gasteiger partial charge in [-0.05, 0) is 62.8 Å². The Hall–Kier alpha value is -5.31. The molecule has 0 aliphatic heterocycles. The molecule has 61 heavy (non-hydrogen) atoms. The van der Waals surface area contributed by atoms with E-state index < -0.39 is 41.6 Å². The van der Waals surface area contributed by atoms with E-state index in [4.69, 9.17) is 10.8 Å². The van der Waals surface area contributed by atoms with Crippen LogP contribution < -0.4 is 16.4 Å². The number of ketones is 3. The number of rotatable bonds is 36. The number of amides is 1. The lowest BCUT2D eigenvalue weighted by Gasteiger charge is -2.21. The van der Waals surface area contributed by atoms with E-state index in [1.807, 2.05) is 4.57 Å². The number of H-pyrrole nitrogens is 2. The largest absolute Gasteiger partial charge is 0.481 e. The zero-order valence-electron chi connectivity index (χ0n) is 35.7. The first-order valence-corrected chi connectivity index (χ1v) is 21.6. The van der Waals surface area contributed by atoms with Gasteiger partial charge in [-0.25, -0.2) is 4.98 Å². The summed E-state index contributed by atoms with van der Waals surface area (Å²) in [6.45, 7) is 3.96. The highest BCUT2D eigenvalue weighted by Crippen LogP contribution is 2.26. The second-order valence-corrected chi connectivity index (χ2v) is 16.2. The van der Waals surface area contributed by atoms with Gasteiger partial charge in [0.25, 0.3) is 0 Å². The fourth-order valence-corrected chi connectivity index (χ4v) is 6.90. The van der Waals surface area contributed by atoms with Gasteiger partial charge in [0.1, 0.15) is 23.6 Å². The molecule has 0 aliphatic rings. The van der Waals surface area contributed by atoms with Crippen LogP contribution in [0.2, 0.25) is 0 Å². The number of unbranched alkanes of at least 4 members (excludes halogenated alkanes) is 13. The highest BCUT2D eigenvalue weighted by molar-refractivity contribution is 5.98. The van der Waals surface area contributed by atoms with E-state index in [9.17, 15) is 33.9 Å². The third-order valence-corrected chi connectivity index (χ3v) is 10.5. The van der Waals surface area contributed by atoms with Crippen molar-refractivity contribution in [1.29, 1.82) is 0 Å². The molecule has 21 nitrogen and oxygen atoms in total. The Morgan fingerprint density at radius 3 is 1.92 bits per heavy atom. The van der Waals surface area contributed by atoms with Gasteiger partial charge in [0, 0.05) is 32.4 Å². The SMILES string of the molecule is CC(C)(N)C(=O)CN[C@@H](CCCCNC(=O)CCC(CC(=O)CCCCCCCCCCCCCCCn1cnc(-c2nn[nH]n2)c1-c1nn[nH]n1)C(=O)O)C(=O)CC(=O)O. The molecule has 0 radical (unpaired) electrons. The molecule has 0 spiro atoms. The number of nitrogens with one attached hydrogen (secondary N) is 4. The van der Waals surface area contributed by atoms with Crippen LogP contribution >= 0.6 is 0 Å². The Morgan fingerprint density at radius 1 is 0.770 bits per heavy atom. The zero-order valence-corrected chi connectivity index (χ0v) is 35.7. The maximum Gasteiger partial charge on any atom is 0.310 e. The van der Waals surface area contributed by atoms with Gasteiger partial charge in [-0.15, -0.1) is 20.4 Å². The minimum atomic E-state index is -1.26. The van der Waals surface area contributed by atoms with Gasteiger partial charge >= 0.3 is 11.9 Å². The van der Waals surface area contributed by atoms with Crippen molar-refractivity contribution in [2.45, 2.75) is 167 Å². The standard InChI is InChI=1S/C40H65N13O8/c1-40(2,41)32(56)26-43-30(31(55)25-34(58)59)19-15-16-22-42-33(57)21-20-28(39(60)61)24-29(54)18-14-12-10-8-6-4-3-5-7-9-11-13-17-23-53-27-44-35(37-45-49-50-46-37)36(53)38-47-51-52-48-38/h27-28,30,43H,3-26,41H2,1-2H3,(H,42,57)(H,58,59)(H,60,61)(H,45,46,49,50)(H,47,48,51,52)/t28?,30-/m0/s1. The number of hydrogen-bond donors (Lipinski definition) is 7. The summed E-state index contributed by atoms with van der Waals surface area (Å²) in [4.78, 5) is 76.8. The molecule has 0 saturated heterocycles. The lowest BCUT2D eigenvalue weighted by Crippen LogP contribution is -2.49. The summed E-state index contributed by atoms with van der Waals surface area (Å²) in [6, 6.07) is -0.844. The van der Waals surface area contributed by atoms with Crippen LogP contribution in [-0.2, 0) is 35.3 Å². The molecule has 1 amide bonds. The van der Waals surface area contributed by atoms with Crippen LogP contribution in [0.4, 0.5) is 0 Å². The van der Waals surface area contributed by atoms with Crippen molar-refractivity contribution >= 4 is 35.2 Å². The van der Waals surface area contributed by atoms with Crippen molar-refractivity contribution < 1.29 is 39.0 Å². The summed E-state index contributed by atoms with van der Waals surface area (Å²) in [6.07, 6.45) is 16.8. The number of hydrogen-bond acceptors (Lipinski definition) is 15. The first kappa shape index (κ1) is 50.0. The molecule has 0 bridgehead atoms. The van der Waals surface area contributed by atoms with Crippen molar-refractivity contribution in [1.82, 2.24) is 61.4 Å². The van der Waals surface area contributed by atoms with E-state index in [1.54, 1.807) is 20.2 Å². The average molecular weight is 856 g/mol. The number of aromatic amines is 2. The number of carboxylic acid groups (broad SMARTS) is 2. The third-order valence-electron chi connectivity index (χ3n) is 10.5. The van der Waals surface area contributed by atoms with Gasteiger partial charge < -0.3 is 31.1 Å². The summed E-state index contributed by atoms with van der Waals surface area (Å²) in [7, 11) is 0. The number of imidazole rings is 1. The number of tetrazole rings is 2. The highest BCUT2D eigenvalue weighted by atomic mass is 16.4. The fraction of sp³-hybridized carbons (Fsp3) is 0.725. The molecule has 21 heteroatoms. The van der Waals surface area contributed by atoms with E-state index in [2.05, 4.69) is 56.9 Å². The Balaban J connectivity index is 1.16. The summed E-state index contributed by atoms with van der Waals surface area (Å²) in [5.41, 5.74) is 5.95. The molecule has 0 aromatic carbocycles. The van der Waals surface area contributed by atoms with E-state index in [0.717, 1.165) is 51.5 Å². The van der Waals surface area contributed by atoms with Crippen molar-refractivity contribution in [3.63, 3.8) is 0 Å². The van der Waals surface area contributed by atoms with Crippen LogP contribution in [0.25, 0.3) is 23.0 Å². The molecular weight excluding hydrogens is 791 g/mol. The van der Waals surface area contributed by atoms with E-state index in [0.29, 0.717) is 42.3 Å². The van der Waals surface area contributed by atoms with E-state index in [1.165, 1.54) is 38.5 Å². The second kappa shape index (κ2) is 27.5. The quantitative estimate of drug-likeness (QED) is 0.0323. The Bertz CT molecular complexity index is 1770. The number of aromatic nitrogens is 10. The number of carbonyl (C=O) groups excluding carboxylic acids is 4. The van der Waals surface area contributed by atoms with Crippen LogP contribution in [0.3, 0.4) is 0 Å². The van der Waals surface area contributed by atoms with Gasteiger partial charge in [-0.3, -0.25) is 28.8 Å². The van der Waals surface area contributed by atoms with Gasteiger partial charge in [0.2, 0.25) is 17.6 Å². The van der Waals surface area contributed by atoms with Crippen LogP contribution in [0.1, 0.15) is 149 Å². The third kappa shape index (κ3) is 19.7. The molecule has 8 N–H and O–H groups in total. The zero-order chi connectivity index (χ0) is 44.5. The van der Waals surface area contributed by atoms with Gasteiger partial charge in [-0.2, -0.15) is 10.4 Å². The molecule has 3 heterocycles. The predicted octanol–water partition coefficient (Wildman–Crippen LogP) is 3.74. The molecule has 3 rings (SSSR count). The molecule has 0 aliphatic carbocycles. The topological polar surface area (TPSA) is 320 Å². The van der Waals surface area contributed by atoms with Crippen LogP contribution in [0.5, 0.6) is 0 Å². The number of Topliss-reactive ketones (excluding diaryl/α,β-unsaturated/α-hetero) is 3. The maximum atomic E-state index is 12.6. The smallest absolute Gasteiger partial charge is 0.310 e. The molecule has 1 unspecified atom stereocenters. The molecular formula is C40H65N13O8. The predicted molar refractivity (Wildman–Crippen MR) is 222 cm³/mol. The van der Waals surface area contributed by atoms with Gasteiger partial charge in [0.15, 0.2) is 11.6 Å². The first-order chi connectivity index (χ1) is 29.3. The minimum Gasteiger partial charge on any atom is -0.481 e. The Labute approximate surface area is 356 Å². The number of nitrogens with two attached hydrogens (primary N) is 1.